The maximum atomic E-state index is 12.5. The first-order valence-electron chi connectivity index (χ1n) is 10.2. The first-order chi connectivity index (χ1) is 13.5. The minimum Gasteiger partial charge on any atom is -0.341 e. The Morgan fingerprint density at radius 3 is 2.68 bits per heavy atom. The number of nitrogens with zero attached hydrogens (tertiary/aromatic N) is 1. The zero-order chi connectivity index (χ0) is 20.0. The molecular weight excluding hydrogens is 344 g/mol. The molecule has 1 atom stereocenters. The molecule has 1 aliphatic rings. The zero-order valence-corrected chi connectivity index (χ0v) is 17.2. The van der Waals surface area contributed by atoms with E-state index in [0.717, 1.165) is 32.5 Å². The fourth-order valence-electron chi connectivity index (χ4n) is 3.69. The van der Waals surface area contributed by atoms with Crippen LogP contribution in [0, 0.1) is 17.3 Å². The number of hydrogen-bond acceptors (Lipinski definition) is 2. The van der Waals surface area contributed by atoms with Crippen molar-refractivity contribution in [2.24, 2.45) is 5.41 Å². The smallest absolute Gasteiger partial charge is 0.240 e. The van der Waals surface area contributed by atoms with Crippen molar-refractivity contribution in [2.45, 2.75) is 39.7 Å². The van der Waals surface area contributed by atoms with E-state index in [2.05, 4.69) is 66.5 Å². The van der Waals surface area contributed by atoms with Gasteiger partial charge < -0.3 is 10.2 Å². The third-order valence-electron chi connectivity index (χ3n) is 5.35. The number of fused-ring (bicyclic) bond motifs is 1. The standard InChI is InChI=1S/C25H30N2O/c1-20(22-15-11-13-21-12-5-6-14-23(21)22)26-17-8-4-7-16-25(2,3)24(28)27-18-9-10-19-27/h4-6,8,11-15,20,26H,9-10,17-19H2,1-3H3/b8-4+/t20-/m1/s1. The van der Waals surface area contributed by atoms with Crippen LogP contribution in [-0.2, 0) is 4.79 Å². The van der Waals surface area contributed by atoms with E-state index in [4.69, 9.17) is 0 Å². The third-order valence-corrected chi connectivity index (χ3v) is 5.35. The van der Waals surface area contributed by atoms with Crippen LogP contribution in [-0.4, -0.2) is 30.4 Å². The molecular formula is C25H30N2O. The van der Waals surface area contributed by atoms with E-state index in [9.17, 15) is 4.79 Å². The van der Waals surface area contributed by atoms with Crippen molar-refractivity contribution in [3.05, 3.63) is 60.2 Å². The summed E-state index contributed by atoms with van der Waals surface area (Å²) in [5.41, 5.74) is 0.674. The monoisotopic (exact) mass is 374 g/mol. The number of rotatable bonds is 5. The van der Waals surface area contributed by atoms with E-state index in [1.165, 1.54) is 16.3 Å². The van der Waals surface area contributed by atoms with Crippen LogP contribution in [0.1, 0.15) is 45.2 Å². The van der Waals surface area contributed by atoms with Gasteiger partial charge in [0.15, 0.2) is 0 Å². The van der Waals surface area contributed by atoms with E-state index in [-0.39, 0.29) is 11.9 Å². The molecule has 28 heavy (non-hydrogen) atoms. The van der Waals surface area contributed by atoms with Crippen LogP contribution in [0.2, 0.25) is 0 Å². The van der Waals surface area contributed by atoms with E-state index in [0.29, 0.717) is 0 Å². The van der Waals surface area contributed by atoms with Crippen LogP contribution in [0.3, 0.4) is 0 Å². The Bertz CT molecular complexity index is 906. The highest BCUT2D eigenvalue weighted by Gasteiger charge is 2.31. The SMILES string of the molecule is C[C@@H](NC/C=C/C#CC(C)(C)C(=O)N1CCCC1)c1cccc2ccccc12. The summed E-state index contributed by atoms with van der Waals surface area (Å²) in [6, 6.07) is 15.1. The van der Waals surface area contributed by atoms with Gasteiger partial charge in [-0.05, 0) is 56.0 Å². The van der Waals surface area contributed by atoms with Crippen molar-refractivity contribution in [1.82, 2.24) is 10.2 Å². The number of amides is 1. The van der Waals surface area contributed by atoms with Gasteiger partial charge in [0.1, 0.15) is 5.41 Å². The van der Waals surface area contributed by atoms with Crippen LogP contribution in [0.25, 0.3) is 10.8 Å². The summed E-state index contributed by atoms with van der Waals surface area (Å²) in [5.74, 6) is 6.33. The molecule has 1 heterocycles. The molecule has 3 nitrogen and oxygen atoms in total. The molecule has 1 saturated heterocycles. The molecule has 1 amide bonds. The topological polar surface area (TPSA) is 32.3 Å². The Labute approximate surface area is 168 Å². The fourth-order valence-corrected chi connectivity index (χ4v) is 3.69. The minimum atomic E-state index is -0.627. The van der Waals surface area contributed by atoms with Gasteiger partial charge >= 0.3 is 0 Å². The molecule has 0 bridgehead atoms. The average molecular weight is 375 g/mol. The normalized spacial score (nSPS) is 15.6. The molecule has 3 rings (SSSR count). The zero-order valence-electron chi connectivity index (χ0n) is 17.2. The number of nitrogens with one attached hydrogen (secondary N) is 1. The molecule has 0 aliphatic carbocycles. The first-order valence-corrected chi connectivity index (χ1v) is 10.2. The van der Waals surface area contributed by atoms with Gasteiger partial charge in [0, 0.05) is 25.7 Å². The average Bonchev–Trinajstić information content (AvgIpc) is 3.24. The highest BCUT2D eigenvalue weighted by Crippen LogP contribution is 2.24. The predicted molar refractivity (Wildman–Crippen MR) is 117 cm³/mol. The second kappa shape index (κ2) is 9.08. The van der Waals surface area contributed by atoms with Gasteiger partial charge in [-0.2, -0.15) is 0 Å². The Kier molecular flexibility index (Phi) is 6.54. The molecule has 2 aromatic rings. The lowest BCUT2D eigenvalue weighted by atomic mass is 9.92. The Hall–Kier alpha value is -2.57. The Morgan fingerprint density at radius 1 is 1.18 bits per heavy atom. The molecule has 0 radical (unpaired) electrons. The maximum absolute atomic E-state index is 12.5. The predicted octanol–water partition coefficient (Wildman–Crippen LogP) is 4.70. The molecule has 0 unspecified atom stereocenters. The van der Waals surface area contributed by atoms with Crippen LogP contribution >= 0.6 is 0 Å². The van der Waals surface area contributed by atoms with Gasteiger partial charge in [-0.1, -0.05) is 60.4 Å². The summed E-state index contributed by atoms with van der Waals surface area (Å²) in [4.78, 5) is 14.5. The second-order valence-electron chi connectivity index (χ2n) is 7.99. The number of benzene rings is 2. The van der Waals surface area contributed by atoms with Gasteiger partial charge in [-0.3, -0.25) is 4.79 Å². The molecule has 1 N–H and O–H groups in total. The quantitative estimate of drug-likeness (QED) is 0.770. The molecule has 3 heteroatoms. The van der Waals surface area contributed by atoms with E-state index in [1.807, 2.05) is 30.9 Å². The number of carbonyl (C=O) groups is 1. The summed E-state index contributed by atoms with van der Waals surface area (Å²) >= 11 is 0. The molecule has 146 valence electrons. The largest absolute Gasteiger partial charge is 0.341 e. The van der Waals surface area contributed by atoms with Gasteiger partial charge in [-0.15, -0.1) is 0 Å². The molecule has 2 aromatic carbocycles. The van der Waals surface area contributed by atoms with Crippen molar-refractivity contribution in [3.8, 4) is 11.8 Å². The second-order valence-corrected chi connectivity index (χ2v) is 7.99. The van der Waals surface area contributed by atoms with Crippen LogP contribution in [0.5, 0.6) is 0 Å². The molecule has 0 saturated carbocycles. The maximum Gasteiger partial charge on any atom is 0.240 e. The van der Waals surface area contributed by atoms with Gasteiger partial charge in [-0.25, -0.2) is 0 Å². The Morgan fingerprint density at radius 2 is 1.89 bits per heavy atom. The minimum absolute atomic E-state index is 0.147. The van der Waals surface area contributed by atoms with Crippen molar-refractivity contribution in [3.63, 3.8) is 0 Å². The first kappa shape index (κ1) is 20.2. The summed E-state index contributed by atoms with van der Waals surface area (Å²) in [7, 11) is 0. The van der Waals surface area contributed by atoms with Crippen LogP contribution < -0.4 is 5.32 Å². The summed E-state index contributed by atoms with van der Waals surface area (Å²) < 4.78 is 0. The lowest BCUT2D eigenvalue weighted by Crippen LogP contribution is -2.38. The lowest BCUT2D eigenvalue weighted by Gasteiger charge is -2.24. The summed E-state index contributed by atoms with van der Waals surface area (Å²) in [6.45, 7) is 8.48. The number of likely N-dealkylation sites (tertiary alicyclic amines) is 1. The third kappa shape index (κ3) is 4.82. The van der Waals surface area contributed by atoms with Crippen molar-refractivity contribution in [2.75, 3.05) is 19.6 Å². The number of carbonyl (C=O) groups excluding carboxylic acids is 1. The van der Waals surface area contributed by atoms with Crippen molar-refractivity contribution >= 4 is 16.7 Å². The fraction of sp³-hybridized carbons (Fsp3) is 0.400. The van der Waals surface area contributed by atoms with Crippen LogP contribution in [0.15, 0.2) is 54.6 Å². The Balaban J connectivity index is 1.54. The van der Waals surface area contributed by atoms with E-state index in [1.54, 1.807) is 0 Å². The molecule has 1 aliphatic heterocycles. The summed E-state index contributed by atoms with van der Waals surface area (Å²) in [6.07, 6.45) is 6.08. The summed E-state index contributed by atoms with van der Waals surface area (Å²) in [5, 5.41) is 6.08. The van der Waals surface area contributed by atoms with Gasteiger partial charge in [0.05, 0.1) is 0 Å². The highest BCUT2D eigenvalue weighted by atomic mass is 16.2. The van der Waals surface area contributed by atoms with E-state index < -0.39 is 5.41 Å². The highest BCUT2D eigenvalue weighted by molar-refractivity contribution is 5.86. The van der Waals surface area contributed by atoms with Gasteiger partial charge in [0.25, 0.3) is 0 Å². The lowest BCUT2D eigenvalue weighted by molar-refractivity contribution is -0.136. The number of hydrogen-bond donors (Lipinski definition) is 1. The molecule has 1 fully saturated rings. The van der Waals surface area contributed by atoms with Gasteiger partial charge in [0.2, 0.25) is 5.91 Å². The van der Waals surface area contributed by atoms with Crippen molar-refractivity contribution < 1.29 is 4.79 Å². The van der Waals surface area contributed by atoms with E-state index >= 15 is 0 Å². The van der Waals surface area contributed by atoms with Crippen LogP contribution in [0.4, 0.5) is 0 Å². The molecule has 0 aromatic heterocycles. The number of allylic oxidation sites excluding steroid dienone is 1. The molecule has 0 spiro atoms. The van der Waals surface area contributed by atoms with Crippen molar-refractivity contribution in [1.29, 1.82) is 0 Å².